The van der Waals surface area contributed by atoms with Gasteiger partial charge in [0.15, 0.2) is 12.6 Å². The summed E-state index contributed by atoms with van der Waals surface area (Å²) in [6, 6.07) is -7.09. The van der Waals surface area contributed by atoms with Gasteiger partial charge in [0.25, 0.3) is 17.4 Å². The van der Waals surface area contributed by atoms with Crippen molar-refractivity contribution in [1.82, 2.24) is 21.3 Å². The summed E-state index contributed by atoms with van der Waals surface area (Å²) >= 11 is 0. The Morgan fingerprint density at radius 2 is 0.794 bits per heavy atom. The van der Waals surface area contributed by atoms with Gasteiger partial charge in [0, 0.05) is 53.4 Å². The predicted octanol–water partition coefficient (Wildman–Crippen LogP) is 0.424. The first-order valence-corrected chi connectivity index (χ1v) is 47.2. The molecule has 30 atom stereocenters. The zero-order valence-corrected chi connectivity index (χ0v) is 76.9. The van der Waals surface area contributed by atoms with Gasteiger partial charge in [-0.3, -0.25) is 24.0 Å². The minimum absolute atomic E-state index is 0.121. The molecule has 42 nitrogen and oxygen atoms in total. The molecule has 0 aromatic rings. The quantitative estimate of drug-likeness (QED) is 0.0223. The average molecular weight is 1890 g/mol. The highest BCUT2D eigenvalue weighted by Gasteiger charge is 2.64. The molecule has 0 bridgehead atoms. The first-order chi connectivity index (χ1) is 62.4. The van der Waals surface area contributed by atoms with E-state index in [0.29, 0.717) is 12.8 Å². The van der Waals surface area contributed by atoms with Gasteiger partial charge in [-0.05, 0) is 19.3 Å². The second kappa shape index (κ2) is 60.2. The number of aliphatic hydroxyl groups excluding tert-OH is 16. The molecule has 4 amide bonds. The summed E-state index contributed by atoms with van der Waals surface area (Å²) in [6.07, 6.45) is -14.6. The van der Waals surface area contributed by atoms with Crippen LogP contribution in [0.2, 0.25) is 0 Å². The Morgan fingerprint density at radius 3 is 1.17 bits per heavy atom. The van der Waals surface area contributed by atoms with Crippen molar-refractivity contribution in [2.45, 2.75) is 461 Å². The van der Waals surface area contributed by atoms with Crippen molar-refractivity contribution in [3.63, 3.8) is 0 Å². The fourth-order valence-corrected chi connectivity index (χ4v) is 17.4. The Kier molecular flexibility index (Phi) is 53.3. The molecule has 10 unspecified atom stereocenters. The predicted molar refractivity (Wildman–Crippen MR) is 462 cm³/mol. The lowest BCUT2D eigenvalue weighted by atomic mass is 9.86. The van der Waals surface area contributed by atoms with Gasteiger partial charge in [0.2, 0.25) is 23.6 Å². The molecule has 23 N–H and O–H groups in total. The summed E-state index contributed by atoms with van der Waals surface area (Å²) in [7, 11) is 0. The highest BCUT2D eigenvalue weighted by atomic mass is 16.8. The fourth-order valence-electron chi connectivity index (χ4n) is 17.4. The number of carbonyl (C=O) groups excluding carboxylic acids is 5. The molecular formula is C89H156N4O38. The van der Waals surface area contributed by atoms with E-state index in [1.807, 2.05) is 0 Å². The van der Waals surface area contributed by atoms with E-state index >= 15 is 0 Å². The first-order valence-electron chi connectivity index (χ1n) is 47.2. The molecule has 5 rings (SSSR count). The number of nitrogens with one attached hydrogen (secondary N) is 4. The van der Waals surface area contributed by atoms with Gasteiger partial charge in [-0.25, -0.2) is 14.4 Å². The molecule has 0 spiro atoms. The van der Waals surface area contributed by atoms with Gasteiger partial charge in [0.05, 0.1) is 81.6 Å². The zero-order valence-electron chi connectivity index (χ0n) is 76.9. The van der Waals surface area contributed by atoms with Crippen LogP contribution in [0.1, 0.15) is 279 Å². The van der Waals surface area contributed by atoms with Crippen LogP contribution in [0.15, 0.2) is 12.2 Å². The minimum Gasteiger partial charge on any atom is -0.477 e. The number of ether oxygens (including phenoxy) is 11. The number of carboxylic acids is 3. The maximum Gasteiger partial charge on any atom is 0.364 e. The van der Waals surface area contributed by atoms with Crippen LogP contribution in [-0.4, -0.2) is 366 Å². The van der Waals surface area contributed by atoms with E-state index < -0.39 is 289 Å². The van der Waals surface area contributed by atoms with E-state index in [2.05, 4.69) is 35.1 Å². The van der Waals surface area contributed by atoms with Gasteiger partial charge in [0.1, 0.15) is 110 Å². The Labute approximate surface area is 766 Å². The van der Waals surface area contributed by atoms with Crippen molar-refractivity contribution in [3.8, 4) is 0 Å². The number of hydrogen-bond donors (Lipinski definition) is 23. The summed E-state index contributed by atoms with van der Waals surface area (Å²) in [6.45, 7) is 1.06. The van der Waals surface area contributed by atoms with Crippen LogP contribution in [0, 0.1) is 0 Å². The molecule has 5 saturated heterocycles. The number of carboxylic acid groups (broad SMARTS) is 3. The Morgan fingerprint density at radius 1 is 0.427 bits per heavy atom. The van der Waals surface area contributed by atoms with Crippen molar-refractivity contribution < 1.29 is 187 Å². The molecule has 0 saturated carbocycles. The van der Waals surface area contributed by atoms with E-state index in [1.165, 1.54) is 141 Å². The lowest BCUT2D eigenvalue weighted by Gasteiger charge is -2.51. The minimum atomic E-state index is -3.59. The van der Waals surface area contributed by atoms with Crippen LogP contribution in [0.4, 0.5) is 0 Å². The molecule has 42 heteroatoms. The van der Waals surface area contributed by atoms with Crippen LogP contribution in [-0.2, 0) is 90.5 Å². The Bertz CT molecular complexity index is 3340. The molecule has 5 aliphatic rings. The SMILES string of the molecule is CCCCCCCCCCCCC/C=C/[C@@H](O)[C@H](CO[C@@H]1OC(CO)[C@@H](O[C@@H]2OC(CO)[C@H](O)[C@H](O[C@]3(C(=O)O)CC(O)[C@@H](NC(C)=O)C([C@H](O)[C@@H](CO)O[C@]4(C(=O)O)CC(O)[C@@H](NC(C)=O)C([C@H](O)[C@@H](CO)O[C@]5(C(=O)O)CC(O)[C@@H](NC(C)=O)C([C@H](O)[C@H](O)COC(C)=O)O5)O4)O3)C2O)[C@H](O)C1O)NC(=O)CCCCCCCCCCCCCCCCCCCCCCC. The number of carbonyl (C=O) groups is 8. The van der Waals surface area contributed by atoms with Gasteiger partial charge in [-0.15, -0.1) is 0 Å². The standard InChI is InChI=1S/C89H156N4O38/c1-7-9-11-13-15-17-19-21-22-23-24-25-26-27-28-30-32-34-36-38-40-42-66(107)93-56(57(102)41-39-37-35-33-31-29-20-18-16-14-12-10-8-2)50-122-82-75(113)74(112)77(65(49-97)124-82)125-83-76(114)81(71(109)62(46-94)123-83)131-89(86(119)120)45-60(105)69(92-54(5)100)80(130-89)73(111)64(48-96)127-88(85(117)118)44-59(104)68(91-53(4)99)79(129-88)72(110)63(47-95)126-87(84(115)116)43-58(103)67(90-52(3)98)78(128-87)70(108)61(106)51-121-55(6)101/h39,41,56-65,67-83,94-97,102-106,108-114H,7-38,40,42-51H2,1-6H3,(H,90,98)(H,91,99)(H,92,100)(H,93,107)(H,115,116)(H,117,118)(H,119,120)/b41-39+/t56-,57+,58?,59?,60?,61+,62?,63+,64+,65?,67+,68+,69+,70+,71-,72+,73+,74+,75?,76?,77+,78?,79?,80?,81-,82+,83-,87+,88+,89-/m0/s1. The first kappa shape index (κ1) is 116. The summed E-state index contributed by atoms with van der Waals surface area (Å²) in [5, 5.41) is 227. The number of amides is 4. The monoisotopic (exact) mass is 1890 g/mol. The zero-order chi connectivity index (χ0) is 97.1. The maximum absolute atomic E-state index is 13.9. The van der Waals surface area contributed by atoms with E-state index in [0.717, 1.165) is 91.9 Å². The van der Waals surface area contributed by atoms with Gasteiger partial charge in [-0.1, -0.05) is 219 Å². The van der Waals surface area contributed by atoms with Crippen molar-refractivity contribution >= 4 is 47.5 Å². The smallest absolute Gasteiger partial charge is 0.364 e. The summed E-state index contributed by atoms with van der Waals surface area (Å²) in [5.41, 5.74) is 0. The van der Waals surface area contributed by atoms with Crippen molar-refractivity contribution in [1.29, 1.82) is 0 Å². The molecule has 0 aliphatic carbocycles. The van der Waals surface area contributed by atoms with Crippen molar-refractivity contribution in [2.75, 3.05) is 39.6 Å². The fraction of sp³-hybridized carbons (Fsp3) is 0.888. The number of esters is 1. The lowest BCUT2D eigenvalue weighted by Crippen LogP contribution is -2.72. The van der Waals surface area contributed by atoms with Crippen molar-refractivity contribution in [3.05, 3.63) is 12.2 Å². The highest BCUT2D eigenvalue weighted by molar-refractivity contribution is 5.79. The molecule has 131 heavy (non-hydrogen) atoms. The topological polar surface area (TPSA) is 671 Å². The summed E-state index contributed by atoms with van der Waals surface area (Å²) in [5.74, 6) is -21.7. The van der Waals surface area contributed by atoms with Gasteiger partial charge >= 0.3 is 23.9 Å². The molecule has 5 fully saturated rings. The van der Waals surface area contributed by atoms with Crippen LogP contribution >= 0.6 is 0 Å². The lowest BCUT2D eigenvalue weighted by molar-refractivity contribution is -0.388. The molecule has 760 valence electrons. The third kappa shape index (κ3) is 36.7. The number of allylic oxidation sites excluding steroid dienone is 1. The van der Waals surface area contributed by atoms with E-state index in [-0.39, 0.29) is 6.42 Å². The summed E-state index contributed by atoms with van der Waals surface area (Å²) < 4.78 is 63.2. The largest absolute Gasteiger partial charge is 0.477 e. The Balaban J connectivity index is 1.32. The van der Waals surface area contributed by atoms with E-state index in [1.54, 1.807) is 6.08 Å². The number of rotatable bonds is 66. The van der Waals surface area contributed by atoms with Crippen LogP contribution in [0.5, 0.6) is 0 Å². The van der Waals surface area contributed by atoms with Gasteiger partial charge < -0.3 is 170 Å². The highest BCUT2D eigenvalue weighted by Crippen LogP contribution is 2.43. The molecule has 5 heterocycles. The van der Waals surface area contributed by atoms with Crippen molar-refractivity contribution in [2.24, 2.45) is 0 Å². The maximum atomic E-state index is 13.9. The Hall–Kier alpha value is -5.54. The molecule has 5 aliphatic heterocycles. The van der Waals surface area contributed by atoms with Crippen LogP contribution in [0.25, 0.3) is 0 Å². The van der Waals surface area contributed by atoms with Gasteiger partial charge in [-0.2, -0.15) is 0 Å². The number of aliphatic carboxylic acids is 3. The second-order valence-electron chi connectivity index (χ2n) is 35.6. The molecular weight excluding hydrogens is 1730 g/mol. The summed E-state index contributed by atoms with van der Waals surface area (Å²) in [4.78, 5) is 104. The third-order valence-electron chi connectivity index (χ3n) is 24.7. The van der Waals surface area contributed by atoms with Crippen LogP contribution < -0.4 is 21.3 Å². The van der Waals surface area contributed by atoms with E-state index in [4.69, 9.17) is 52.1 Å². The third-order valence-corrected chi connectivity index (χ3v) is 24.7. The number of hydrogen-bond acceptors (Lipinski definition) is 35. The normalized spacial score (nSPS) is 31.3. The average Bonchev–Trinajstić information content (AvgIpc) is 0.748. The molecule has 0 aromatic heterocycles. The van der Waals surface area contributed by atoms with Crippen LogP contribution in [0.3, 0.4) is 0 Å². The number of aliphatic hydroxyl groups is 16. The number of unbranched alkanes of at least 4 members (excludes halogenated alkanes) is 31. The molecule has 0 aromatic carbocycles. The second-order valence-corrected chi connectivity index (χ2v) is 35.6. The van der Waals surface area contributed by atoms with E-state index in [9.17, 15) is 135 Å². The molecule has 0 radical (unpaired) electrons.